The van der Waals surface area contributed by atoms with E-state index in [4.69, 9.17) is 16.0 Å². The second kappa shape index (κ2) is 7.84. The minimum absolute atomic E-state index is 0.509. The number of aliphatic imine (C=N–C) groups is 1. The lowest BCUT2D eigenvalue weighted by atomic mass is 10.2. The van der Waals surface area contributed by atoms with Crippen LogP contribution in [0.4, 0.5) is 0 Å². The first kappa shape index (κ1) is 16.3. The number of nitrogens with zero attached hydrogens (tertiary/aromatic N) is 2. The van der Waals surface area contributed by atoms with Crippen molar-refractivity contribution in [3.05, 3.63) is 65.1 Å². The van der Waals surface area contributed by atoms with Crippen LogP contribution in [0, 0.1) is 0 Å². The number of hydrogen-bond donors (Lipinski definition) is 2. The summed E-state index contributed by atoms with van der Waals surface area (Å²) in [6, 6.07) is 13.8. The zero-order chi connectivity index (χ0) is 16.8. The third kappa shape index (κ3) is 4.26. The van der Waals surface area contributed by atoms with E-state index in [1.165, 1.54) is 0 Å². The Morgan fingerprint density at radius 1 is 1.21 bits per heavy atom. The van der Waals surface area contributed by atoms with Crippen molar-refractivity contribution < 1.29 is 4.42 Å². The van der Waals surface area contributed by atoms with E-state index in [1.54, 1.807) is 19.3 Å². The maximum Gasteiger partial charge on any atom is 0.191 e. The highest BCUT2D eigenvalue weighted by Gasteiger charge is 2.04. The van der Waals surface area contributed by atoms with Crippen LogP contribution in [0.2, 0.25) is 5.15 Å². The summed E-state index contributed by atoms with van der Waals surface area (Å²) in [5.74, 6) is 1.61. The monoisotopic (exact) mass is 342 g/mol. The fourth-order valence-corrected chi connectivity index (χ4v) is 2.51. The fraction of sp³-hybridized carbons (Fsp3) is 0.222. The average molecular weight is 343 g/mol. The molecule has 6 heteroatoms. The summed E-state index contributed by atoms with van der Waals surface area (Å²) < 4.78 is 5.78. The normalized spacial score (nSPS) is 11.7. The van der Waals surface area contributed by atoms with Crippen molar-refractivity contribution in [2.75, 3.05) is 13.6 Å². The van der Waals surface area contributed by atoms with Crippen LogP contribution in [0.25, 0.3) is 11.0 Å². The van der Waals surface area contributed by atoms with Gasteiger partial charge in [-0.25, -0.2) is 4.98 Å². The van der Waals surface area contributed by atoms with Gasteiger partial charge in [-0.15, -0.1) is 0 Å². The van der Waals surface area contributed by atoms with Gasteiger partial charge in [-0.1, -0.05) is 35.9 Å². The van der Waals surface area contributed by atoms with Crippen molar-refractivity contribution in [2.45, 2.75) is 13.0 Å². The molecule has 3 aromatic rings. The van der Waals surface area contributed by atoms with Crippen LogP contribution in [0.15, 0.2) is 58.1 Å². The number of guanidine groups is 1. The summed E-state index contributed by atoms with van der Waals surface area (Å²) in [4.78, 5) is 8.29. The largest absolute Gasteiger partial charge is 0.459 e. The van der Waals surface area contributed by atoms with Gasteiger partial charge in [0.15, 0.2) is 5.96 Å². The van der Waals surface area contributed by atoms with Gasteiger partial charge in [0.05, 0.1) is 6.54 Å². The van der Waals surface area contributed by atoms with E-state index in [0.29, 0.717) is 11.7 Å². The topological polar surface area (TPSA) is 62.5 Å². The predicted molar refractivity (Wildman–Crippen MR) is 97.4 cm³/mol. The number of fused-ring (bicyclic) bond motifs is 1. The molecular formula is C18H19ClN4O. The molecule has 2 aromatic heterocycles. The van der Waals surface area contributed by atoms with E-state index in [2.05, 4.69) is 20.6 Å². The van der Waals surface area contributed by atoms with Gasteiger partial charge in [-0.05, 0) is 30.2 Å². The third-order valence-electron chi connectivity index (χ3n) is 3.62. The molecule has 0 saturated heterocycles. The second-order valence-electron chi connectivity index (χ2n) is 5.34. The van der Waals surface area contributed by atoms with Crippen LogP contribution in [-0.2, 0) is 13.0 Å². The predicted octanol–water partition coefficient (Wildman–Crippen LogP) is 3.39. The Morgan fingerprint density at radius 3 is 2.83 bits per heavy atom. The standard InChI is InChI=1S/C18H19ClN4O/c1-20-18(21-9-8-13-6-7-17(19)22-11-13)23-12-15-10-14-4-2-3-5-16(14)24-15/h2-7,10-11H,8-9,12H2,1H3,(H2,20,21,23). The molecule has 2 heterocycles. The van der Waals surface area contributed by atoms with Crippen LogP contribution < -0.4 is 10.6 Å². The molecule has 0 radical (unpaired) electrons. The first-order valence-electron chi connectivity index (χ1n) is 7.77. The van der Waals surface area contributed by atoms with E-state index < -0.39 is 0 Å². The van der Waals surface area contributed by atoms with Crippen molar-refractivity contribution in [3.8, 4) is 0 Å². The fourth-order valence-electron chi connectivity index (χ4n) is 2.39. The first-order chi connectivity index (χ1) is 11.7. The Balaban J connectivity index is 1.48. The van der Waals surface area contributed by atoms with E-state index in [-0.39, 0.29) is 0 Å². The molecular weight excluding hydrogens is 324 g/mol. The van der Waals surface area contributed by atoms with Crippen molar-refractivity contribution >= 4 is 28.5 Å². The first-order valence-corrected chi connectivity index (χ1v) is 8.15. The van der Waals surface area contributed by atoms with E-state index in [9.17, 15) is 0 Å². The van der Waals surface area contributed by atoms with Gasteiger partial charge < -0.3 is 15.1 Å². The molecule has 0 aliphatic carbocycles. The molecule has 0 spiro atoms. The average Bonchev–Trinajstić information content (AvgIpc) is 3.02. The van der Waals surface area contributed by atoms with Gasteiger partial charge in [-0.3, -0.25) is 4.99 Å². The molecule has 0 atom stereocenters. The summed E-state index contributed by atoms with van der Waals surface area (Å²) in [5, 5.41) is 8.14. The summed E-state index contributed by atoms with van der Waals surface area (Å²) >= 11 is 5.78. The molecule has 1 aromatic carbocycles. The van der Waals surface area contributed by atoms with Gasteiger partial charge in [0.1, 0.15) is 16.5 Å². The van der Waals surface area contributed by atoms with Crippen molar-refractivity contribution in [1.29, 1.82) is 0 Å². The Kier molecular flexibility index (Phi) is 5.33. The lowest BCUT2D eigenvalue weighted by Crippen LogP contribution is -2.37. The third-order valence-corrected chi connectivity index (χ3v) is 3.85. The number of benzene rings is 1. The molecule has 0 saturated carbocycles. The smallest absolute Gasteiger partial charge is 0.191 e. The molecule has 2 N–H and O–H groups in total. The molecule has 0 amide bonds. The van der Waals surface area contributed by atoms with Crippen LogP contribution in [0.1, 0.15) is 11.3 Å². The maximum absolute atomic E-state index is 5.78. The summed E-state index contributed by atoms with van der Waals surface area (Å²) in [5.41, 5.74) is 2.02. The molecule has 0 aliphatic rings. The number of hydrogen-bond acceptors (Lipinski definition) is 3. The Labute approximate surface area is 145 Å². The van der Waals surface area contributed by atoms with Crippen LogP contribution in [0.3, 0.4) is 0 Å². The van der Waals surface area contributed by atoms with Crippen LogP contribution in [0.5, 0.6) is 0 Å². The molecule has 0 fully saturated rings. The zero-order valence-corrected chi connectivity index (χ0v) is 14.2. The minimum Gasteiger partial charge on any atom is -0.459 e. The minimum atomic E-state index is 0.509. The van der Waals surface area contributed by atoms with Gasteiger partial charge in [0, 0.05) is 25.2 Å². The molecule has 3 rings (SSSR count). The van der Waals surface area contributed by atoms with Crippen molar-refractivity contribution in [3.63, 3.8) is 0 Å². The van der Waals surface area contributed by atoms with Gasteiger partial charge in [0.25, 0.3) is 0 Å². The van der Waals surface area contributed by atoms with Crippen molar-refractivity contribution in [1.82, 2.24) is 15.6 Å². The van der Waals surface area contributed by atoms with E-state index in [0.717, 1.165) is 41.2 Å². The lowest BCUT2D eigenvalue weighted by Gasteiger charge is -2.10. The number of aromatic nitrogens is 1. The number of furan rings is 1. The Hall–Kier alpha value is -2.53. The van der Waals surface area contributed by atoms with E-state index in [1.807, 2.05) is 36.4 Å². The molecule has 0 unspecified atom stereocenters. The highest BCUT2D eigenvalue weighted by atomic mass is 35.5. The maximum atomic E-state index is 5.78. The van der Waals surface area contributed by atoms with Crippen LogP contribution in [-0.4, -0.2) is 24.5 Å². The molecule has 0 bridgehead atoms. The quantitative estimate of drug-likeness (QED) is 0.424. The molecule has 5 nitrogen and oxygen atoms in total. The SMILES string of the molecule is CN=C(NCCc1ccc(Cl)nc1)NCc1cc2ccccc2o1. The Bertz CT molecular complexity index is 793. The number of halogens is 1. The number of pyridine rings is 1. The highest BCUT2D eigenvalue weighted by Crippen LogP contribution is 2.18. The number of para-hydroxylation sites is 1. The molecule has 124 valence electrons. The number of nitrogens with one attached hydrogen (secondary N) is 2. The lowest BCUT2D eigenvalue weighted by molar-refractivity contribution is 0.538. The zero-order valence-electron chi connectivity index (χ0n) is 13.4. The number of rotatable bonds is 5. The van der Waals surface area contributed by atoms with Gasteiger partial charge >= 0.3 is 0 Å². The van der Waals surface area contributed by atoms with Gasteiger partial charge in [-0.2, -0.15) is 0 Å². The summed E-state index contributed by atoms with van der Waals surface area (Å²) in [6.45, 7) is 1.33. The van der Waals surface area contributed by atoms with Gasteiger partial charge in [0.2, 0.25) is 0 Å². The summed E-state index contributed by atoms with van der Waals surface area (Å²) in [6.07, 6.45) is 2.63. The molecule has 0 aliphatic heterocycles. The Morgan fingerprint density at radius 2 is 2.08 bits per heavy atom. The summed E-state index contributed by atoms with van der Waals surface area (Å²) in [7, 11) is 1.75. The van der Waals surface area contributed by atoms with Crippen molar-refractivity contribution in [2.24, 2.45) is 4.99 Å². The second-order valence-corrected chi connectivity index (χ2v) is 5.73. The van der Waals surface area contributed by atoms with Crippen LogP contribution >= 0.6 is 11.6 Å². The molecule has 24 heavy (non-hydrogen) atoms. The highest BCUT2D eigenvalue weighted by molar-refractivity contribution is 6.29. The van der Waals surface area contributed by atoms with E-state index >= 15 is 0 Å².